The van der Waals surface area contributed by atoms with E-state index in [0.717, 1.165) is 29.2 Å². The molecule has 1 aromatic heterocycles. The van der Waals surface area contributed by atoms with Crippen LogP contribution >= 0.6 is 22.9 Å². The zero-order valence-electron chi connectivity index (χ0n) is 14.7. The third-order valence-electron chi connectivity index (χ3n) is 5.04. The van der Waals surface area contributed by atoms with Gasteiger partial charge in [0.1, 0.15) is 0 Å². The Hall–Kier alpha value is -1.36. The van der Waals surface area contributed by atoms with Gasteiger partial charge in [-0.1, -0.05) is 30.7 Å². The molecule has 0 radical (unpaired) electrons. The van der Waals surface area contributed by atoms with E-state index in [2.05, 4.69) is 25.2 Å². The molecule has 3 rings (SSSR count). The molecule has 0 spiro atoms. The highest BCUT2D eigenvalue weighted by Crippen LogP contribution is 2.35. The van der Waals surface area contributed by atoms with Gasteiger partial charge in [-0.25, -0.2) is 0 Å². The first kappa shape index (κ1) is 18.4. The van der Waals surface area contributed by atoms with Gasteiger partial charge in [0, 0.05) is 35.1 Å². The summed E-state index contributed by atoms with van der Waals surface area (Å²) in [5.74, 6) is 0.0145. The first-order valence-electron chi connectivity index (χ1n) is 8.75. The largest absolute Gasteiger partial charge is 0.381 e. The monoisotopic (exact) mass is 377 g/mol. The third kappa shape index (κ3) is 4.08. The Labute approximate surface area is 158 Å². The minimum Gasteiger partial charge on any atom is -0.381 e. The number of hydrogen-bond donors (Lipinski definition) is 1. The molecule has 1 N–H and O–H groups in total. The fraction of sp³-hybridized carbons (Fsp3) is 0.450. The van der Waals surface area contributed by atoms with Crippen molar-refractivity contribution >= 4 is 28.8 Å². The maximum Gasteiger partial charge on any atom is 0.261 e. The van der Waals surface area contributed by atoms with Crippen molar-refractivity contribution in [3.05, 3.63) is 56.2 Å². The van der Waals surface area contributed by atoms with Crippen molar-refractivity contribution in [2.75, 3.05) is 19.8 Å². The highest BCUT2D eigenvalue weighted by molar-refractivity contribution is 7.14. The van der Waals surface area contributed by atoms with Crippen LogP contribution in [-0.2, 0) is 16.6 Å². The molecule has 0 bridgehead atoms. The highest BCUT2D eigenvalue weighted by Gasteiger charge is 2.35. The number of amides is 1. The van der Waals surface area contributed by atoms with E-state index in [-0.39, 0.29) is 11.3 Å². The lowest BCUT2D eigenvalue weighted by atomic mass is 9.74. The van der Waals surface area contributed by atoms with Gasteiger partial charge >= 0.3 is 0 Å². The molecule has 1 aliphatic rings. The summed E-state index contributed by atoms with van der Waals surface area (Å²) in [6, 6.07) is 9.98. The van der Waals surface area contributed by atoms with Crippen molar-refractivity contribution in [3.8, 4) is 0 Å². The van der Waals surface area contributed by atoms with Gasteiger partial charge in [0.25, 0.3) is 5.91 Å². The number of nitrogens with one attached hydrogen (secondary N) is 1. The summed E-state index contributed by atoms with van der Waals surface area (Å²) in [6.07, 6.45) is 2.74. The number of thiophene rings is 1. The Morgan fingerprint density at radius 1 is 1.32 bits per heavy atom. The molecule has 1 aliphatic heterocycles. The number of halogens is 1. The van der Waals surface area contributed by atoms with Gasteiger partial charge in [-0.2, -0.15) is 0 Å². The second kappa shape index (κ2) is 7.90. The van der Waals surface area contributed by atoms with E-state index >= 15 is 0 Å². The summed E-state index contributed by atoms with van der Waals surface area (Å²) < 4.78 is 5.56. The summed E-state index contributed by atoms with van der Waals surface area (Å²) in [5.41, 5.74) is 2.27. The molecule has 2 heterocycles. The van der Waals surface area contributed by atoms with Crippen LogP contribution in [0.4, 0.5) is 0 Å². The van der Waals surface area contributed by atoms with Gasteiger partial charge in [0.05, 0.1) is 4.88 Å². The van der Waals surface area contributed by atoms with Crippen LogP contribution in [-0.4, -0.2) is 25.7 Å². The number of ether oxygens (including phenoxy) is 1. The lowest BCUT2D eigenvalue weighted by molar-refractivity contribution is 0.0487. The molecule has 25 heavy (non-hydrogen) atoms. The Morgan fingerprint density at radius 3 is 2.72 bits per heavy atom. The van der Waals surface area contributed by atoms with Crippen LogP contribution in [0.25, 0.3) is 0 Å². The quantitative estimate of drug-likeness (QED) is 0.816. The smallest absolute Gasteiger partial charge is 0.261 e. The second-order valence-electron chi connectivity index (χ2n) is 6.66. The van der Waals surface area contributed by atoms with Crippen LogP contribution < -0.4 is 5.32 Å². The number of hydrogen-bond acceptors (Lipinski definition) is 3. The first-order valence-corrected chi connectivity index (χ1v) is 9.95. The van der Waals surface area contributed by atoms with E-state index in [1.54, 1.807) is 11.3 Å². The van der Waals surface area contributed by atoms with Crippen molar-refractivity contribution < 1.29 is 9.53 Å². The maximum atomic E-state index is 12.7. The van der Waals surface area contributed by atoms with Crippen LogP contribution in [0.2, 0.25) is 5.02 Å². The molecule has 3 nitrogen and oxygen atoms in total. The molecule has 0 saturated carbocycles. The summed E-state index contributed by atoms with van der Waals surface area (Å²) in [6.45, 7) is 6.21. The average molecular weight is 378 g/mol. The number of aryl methyl sites for hydroxylation is 2. The summed E-state index contributed by atoms with van der Waals surface area (Å²) in [7, 11) is 0. The highest BCUT2D eigenvalue weighted by atomic mass is 35.5. The lowest BCUT2D eigenvalue weighted by Crippen LogP contribution is -2.44. The van der Waals surface area contributed by atoms with Gasteiger partial charge in [0.15, 0.2) is 0 Å². The van der Waals surface area contributed by atoms with Crippen LogP contribution in [0, 0.1) is 6.92 Å². The zero-order valence-corrected chi connectivity index (χ0v) is 16.3. The van der Waals surface area contributed by atoms with Crippen LogP contribution in [0.15, 0.2) is 30.3 Å². The molecule has 5 heteroatoms. The van der Waals surface area contributed by atoms with E-state index < -0.39 is 0 Å². The third-order valence-corrected chi connectivity index (χ3v) is 6.66. The standard InChI is InChI=1S/C20H24ClNO2S/c1-3-17-14(2)11-18(25-17)19(23)22-13-20(7-9-24-10-8-20)15-5-4-6-16(21)12-15/h4-6,11-12H,3,7-10,13H2,1-2H3,(H,22,23). The van der Waals surface area contributed by atoms with E-state index in [0.29, 0.717) is 19.8 Å². The molecule has 0 atom stereocenters. The lowest BCUT2D eigenvalue weighted by Gasteiger charge is -2.38. The fourth-order valence-corrected chi connectivity index (χ4v) is 4.69. The summed E-state index contributed by atoms with van der Waals surface area (Å²) >= 11 is 7.80. The van der Waals surface area contributed by atoms with E-state index in [1.165, 1.54) is 16.0 Å². The van der Waals surface area contributed by atoms with Crippen LogP contribution in [0.5, 0.6) is 0 Å². The molecule has 1 fully saturated rings. The van der Waals surface area contributed by atoms with E-state index in [4.69, 9.17) is 16.3 Å². The normalized spacial score (nSPS) is 16.6. The maximum absolute atomic E-state index is 12.7. The van der Waals surface area contributed by atoms with Gasteiger partial charge in [-0.15, -0.1) is 11.3 Å². The molecule has 2 aromatic rings. The van der Waals surface area contributed by atoms with Crippen molar-refractivity contribution in [2.45, 2.75) is 38.5 Å². The van der Waals surface area contributed by atoms with Crippen molar-refractivity contribution in [1.29, 1.82) is 0 Å². The molecule has 0 unspecified atom stereocenters. The minimum absolute atomic E-state index is 0.0145. The van der Waals surface area contributed by atoms with Crippen molar-refractivity contribution in [3.63, 3.8) is 0 Å². The topological polar surface area (TPSA) is 38.3 Å². The van der Waals surface area contributed by atoms with Crippen LogP contribution in [0.3, 0.4) is 0 Å². The molecule has 0 aliphatic carbocycles. The van der Waals surface area contributed by atoms with Gasteiger partial charge in [0.2, 0.25) is 0 Å². The molecule has 1 amide bonds. The Kier molecular flexibility index (Phi) is 5.82. The second-order valence-corrected chi connectivity index (χ2v) is 8.23. The number of rotatable bonds is 5. The van der Waals surface area contributed by atoms with Crippen LogP contribution in [0.1, 0.15) is 45.4 Å². The van der Waals surface area contributed by atoms with Crippen molar-refractivity contribution in [1.82, 2.24) is 5.32 Å². The Morgan fingerprint density at radius 2 is 2.08 bits per heavy atom. The molecule has 1 aromatic carbocycles. The number of carbonyl (C=O) groups excluding carboxylic acids is 1. The van der Waals surface area contributed by atoms with Gasteiger partial charge in [-0.05, 0) is 55.5 Å². The number of carbonyl (C=O) groups is 1. The SMILES string of the molecule is CCc1sc(C(=O)NCC2(c3cccc(Cl)c3)CCOCC2)cc1C. The fourth-order valence-electron chi connectivity index (χ4n) is 3.47. The number of benzene rings is 1. The summed E-state index contributed by atoms with van der Waals surface area (Å²) in [5, 5.41) is 3.90. The first-order chi connectivity index (χ1) is 12.0. The Balaban J connectivity index is 1.78. The van der Waals surface area contributed by atoms with E-state index in [1.807, 2.05) is 24.3 Å². The predicted molar refractivity (Wildman–Crippen MR) is 104 cm³/mol. The average Bonchev–Trinajstić information content (AvgIpc) is 3.01. The molecular formula is C20H24ClNO2S. The van der Waals surface area contributed by atoms with Crippen molar-refractivity contribution in [2.24, 2.45) is 0 Å². The predicted octanol–water partition coefficient (Wildman–Crippen LogP) is 4.75. The van der Waals surface area contributed by atoms with E-state index in [9.17, 15) is 4.79 Å². The molecule has 1 saturated heterocycles. The molecular weight excluding hydrogens is 354 g/mol. The summed E-state index contributed by atoms with van der Waals surface area (Å²) in [4.78, 5) is 14.7. The molecule has 134 valence electrons. The zero-order chi connectivity index (χ0) is 17.9. The minimum atomic E-state index is -0.112. The van der Waals surface area contributed by atoms with Gasteiger partial charge in [-0.3, -0.25) is 4.79 Å². The Bertz CT molecular complexity index is 750. The van der Waals surface area contributed by atoms with Gasteiger partial charge < -0.3 is 10.1 Å².